The van der Waals surface area contributed by atoms with Gasteiger partial charge in [-0.25, -0.2) is 18.4 Å². The van der Waals surface area contributed by atoms with Gasteiger partial charge in [0, 0.05) is 16.6 Å². The summed E-state index contributed by atoms with van der Waals surface area (Å²) in [5.41, 5.74) is -6.37. The predicted molar refractivity (Wildman–Crippen MR) is 238 cm³/mol. The highest BCUT2D eigenvalue weighted by Gasteiger charge is 2.49. The Bertz CT molecular complexity index is 2670. The summed E-state index contributed by atoms with van der Waals surface area (Å²) >= 11 is 0. The molecule has 4 aromatic carbocycles. The maximum atomic E-state index is 14.5. The number of halogens is 11. The molecule has 0 spiro atoms. The summed E-state index contributed by atoms with van der Waals surface area (Å²) in [7, 11) is -5.66. The van der Waals surface area contributed by atoms with E-state index < -0.39 is 86.4 Å². The van der Waals surface area contributed by atoms with Crippen molar-refractivity contribution in [1.82, 2.24) is 0 Å². The van der Waals surface area contributed by atoms with Crippen LogP contribution in [-0.4, -0.2) is 57.3 Å². The lowest BCUT2D eigenvalue weighted by Crippen LogP contribution is -2.33. The number of esters is 2. The lowest BCUT2D eigenvalue weighted by molar-refractivity contribution is -0.138. The molecule has 9 nitrogen and oxygen atoms in total. The monoisotopic (exact) mass is 1010 g/mol. The van der Waals surface area contributed by atoms with Crippen molar-refractivity contribution in [3.8, 4) is 16.9 Å². The highest BCUT2D eigenvalue weighted by atomic mass is 32.2. The minimum absolute atomic E-state index is 0. The van der Waals surface area contributed by atoms with Crippen LogP contribution in [-0.2, 0) is 31.9 Å². The van der Waals surface area contributed by atoms with E-state index in [1.165, 1.54) is 32.4 Å². The standard InChI is InChI=1S/C22H20F4O2.C16H17F3O5S.C7H5BF4O2.2CH4/c1-21(2)10-4-5-18(21)16-11-13(20(27)28-3)6-8-15(16)17-12-14(22(24,25)26)7-9-19(17)23;1-15(2)8-4-5-12(15)11-9-10(14(20)23-3)6-7-13(11)24-25(21,22)16(17,18)19;9-6-2-1-4(7(10,11)12)3-5(6)8(13)14;;/h5-9,11-12H,4,10H2,1-3H3;5-7,9H,4,8H2,1-3H3;1-3,13-14H;2*1H4. The Hall–Kier alpha value is -5.74. The van der Waals surface area contributed by atoms with Crippen molar-refractivity contribution >= 4 is 45.8 Å². The van der Waals surface area contributed by atoms with Crippen LogP contribution in [0.4, 0.5) is 48.3 Å². The second kappa shape index (κ2) is 22.3. The Morgan fingerprint density at radius 1 is 0.594 bits per heavy atom. The summed E-state index contributed by atoms with van der Waals surface area (Å²) in [4.78, 5) is 23.7. The maximum absolute atomic E-state index is 14.5. The number of methoxy groups -OCH3 is 2. The number of alkyl halides is 9. The third kappa shape index (κ3) is 14.2. The quantitative estimate of drug-likeness (QED) is 0.0581. The zero-order valence-electron chi connectivity index (χ0n) is 36.3. The van der Waals surface area contributed by atoms with Crippen molar-refractivity contribution in [3.63, 3.8) is 0 Å². The van der Waals surface area contributed by atoms with E-state index in [9.17, 15) is 66.3 Å². The summed E-state index contributed by atoms with van der Waals surface area (Å²) in [6, 6.07) is 11.7. The molecule has 0 saturated carbocycles. The molecule has 6 rings (SSSR count). The van der Waals surface area contributed by atoms with E-state index in [1.807, 2.05) is 33.8 Å². The molecule has 0 aliphatic heterocycles. The molecular formula is C47H50BF11O9S. The number of ether oxygens (including phenoxy) is 2. The summed E-state index contributed by atoms with van der Waals surface area (Å²) in [5.74, 6) is -3.58. The number of hydrogen-bond acceptors (Lipinski definition) is 9. The number of allylic oxidation sites excluding steroid dienone is 4. The minimum atomic E-state index is -5.82. The second-order valence-corrected chi connectivity index (χ2v) is 17.9. The van der Waals surface area contributed by atoms with Gasteiger partial charge in [0.2, 0.25) is 0 Å². The SMILES string of the molecule is C.C.COC(=O)c1ccc(-c2cc(C(F)(F)F)ccc2F)c(C2=CCCC2(C)C)c1.COC(=O)c1ccc(OS(=O)(=O)C(F)(F)F)c(C2=CCCC2(C)C)c1.OB(O)c1cc(C(F)(F)F)ccc1F. The van der Waals surface area contributed by atoms with Gasteiger partial charge in [-0.3, -0.25) is 0 Å². The fraction of sp³-hybridized carbons (Fsp3) is 0.362. The van der Waals surface area contributed by atoms with Gasteiger partial charge in [0.05, 0.1) is 36.5 Å². The molecule has 0 aromatic heterocycles. The molecule has 0 unspecified atom stereocenters. The van der Waals surface area contributed by atoms with E-state index >= 15 is 0 Å². The first-order valence-electron chi connectivity index (χ1n) is 19.7. The minimum Gasteiger partial charge on any atom is -0.465 e. The third-order valence-electron chi connectivity index (χ3n) is 10.8. The average Bonchev–Trinajstić information content (AvgIpc) is 3.78. The lowest BCUT2D eigenvalue weighted by Gasteiger charge is -2.25. The molecule has 0 amide bonds. The first-order valence-corrected chi connectivity index (χ1v) is 21.1. The fourth-order valence-corrected chi connectivity index (χ4v) is 7.70. The van der Waals surface area contributed by atoms with E-state index in [0.29, 0.717) is 41.3 Å². The molecule has 378 valence electrons. The molecule has 0 bridgehead atoms. The van der Waals surface area contributed by atoms with Crippen LogP contribution >= 0.6 is 0 Å². The van der Waals surface area contributed by atoms with Crippen LogP contribution in [0.3, 0.4) is 0 Å². The van der Waals surface area contributed by atoms with Crippen molar-refractivity contribution in [1.29, 1.82) is 0 Å². The van der Waals surface area contributed by atoms with Gasteiger partial charge < -0.3 is 23.7 Å². The Morgan fingerprint density at radius 3 is 1.45 bits per heavy atom. The van der Waals surface area contributed by atoms with Gasteiger partial charge in [0.25, 0.3) is 0 Å². The van der Waals surface area contributed by atoms with E-state index in [2.05, 4.69) is 8.92 Å². The van der Waals surface area contributed by atoms with E-state index in [-0.39, 0.29) is 42.5 Å². The fourth-order valence-electron chi connectivity index (χ4n) is 7.22. The van der Waals surface area contributed by atoms with Crippen LogP contribution in [0.2, 0.25) is 0 Å². The Labute approximate surface area is 392 Å². The van der Waals surface area contributed by atoms with E-state index in [0.717, 1.165) is 55.2 Å². The van der Waals surface area contributed by atoms with Crippen LogP contribution in [0.5, 0.6) is 5.75 Å². The van der Waals surface area contributed by atoms with Crippen LogP contribution in [0.1, 0.15) is 111 Å². The lowest BCUT2D eigenvalue weighted by atomic mass is 9.79. The molecule has 0 saturated heterocycles. The van der Waals surface area contributed by atoms with Gasteiger partial charge in [-0.1, -0.05) is 60.8 Å². The van der Waals surface area contributed by atoms with Gasteiger partial charge in [0.1, 0.15) is 11.6 Å². The highest BCUT2D eigenvalue weighted by Crippen LogP contribution is 2.49. The van der Waals surface area contributed by atoms with Crippen LogP contribution < -0.4 is 9.65 Å². The number of benzene rings is 4. The Morgan fingerprint density at radius 2 is 1.03 bits per heavy atom. The van der Waals surface area contributed by atoms with Gasteiger partial charge in [-0.2, -0.15) is 47.9 Å². The van der Waals surface area contributed by atoms with Crippen LogP contribution in [0, 0.1) is 22.5 Å². The molecular weight excluding hydrogens is 960 g/mol. The first-order chi connectivity index (χ1) is 30.8. The number of carbonyl (C=O) groups excluding carboxylic acids is 2. The van der Waals surface area contributed by atoms with Crippen molar-refractivity contribution in [2.45, 2.75) is 86.1 Å². The summed E-state index contributed by atoms with van der Waals surface area (Å²) < 4.78 is 177. The molecule has 2 N–H and O–H groups in total. The molecule has 0 heterocycles. The zero-order valence-corrected chi connectivity index (χ0v) is 37.1. The van der Waals surface area contributed by atoms with E-state index in [4.69, 9.17) is 14.8 Å². The molecule has 2 aliphatic carbocycles. The number of hydrogen-bond donors (Lipinski definition) is 2. The van der Waals surface area contributed by atoms with Gasteiger partial charge >= 0.3 is 47.0 Å². The average molecular weight is 1010 g/mol. The normalized spacial score (nSPS) is 15.1. The smallest absolute Gasteiger partial charge is 0.465 e. The second-order valence-electron chi connectivity index (χ2n) is 16.3. The molecule has 2 aliphatic rings. The van der Waals surface area contributed by atoms with Gasteiger partial charge in [-0.15, -0.1) is 0 Å². The first kappa shape index (κ1) is 59.4. The van der Waals surface area contributed by atoms with Crippen molar-refractivity contribution < 1.29 is 90.0 Å². The predicted octanol–water partition coefficient (Wildman–Crippen LogP) is 12.2. The zero-order chi connectivity index (χ0) is 50.7. The molecule has 0 atom stereocenters. The van der Waals surface area contributed by atoms with E-state index in [1.54, 1.807) is 12.1 Å². The topological polar surface area (TPSA) is 136 Å². The molecule has 0 fully saturated rings. The Kier molecular flexibility index (Phi) is 19.2. The maximum Gasteiger partial charge on any atom is 0.534 e. The Balaban J connectivity index is 0.000000368. The van der Waals surface area contributed by atoms with Gasteiger partial charge in [-0.05, 0) is 126 Å². The van der Waals surface area contributed by atoms with Gasteiger partial charge in [0.15, 0.2) is 5.75 Å². The van der Waals surface area contributed by atoms with Crippen LogP contribution in [0.25, 0.3) is 22.3 Å². The molecule has 69 heavy (non-hydrogen) atoms. The number of carbonyl (C=O) groups is 2. The number of rotatable bonds is 8. The summed E-state index contributed by atoms with van der Waals surface area (Å²) in [6.45, 7) is 7.78. The largest absolute Gasteiger partial charge is 0.534 e. The van der Waals surface area contributed by atoms with Crippen molar-refractivity contribution in [2.24, 2.45) is 10.8 Å². The molecule has 0 radical (unpaired) electrons. The van der Waals surface area contributed by atoms with Crippen LogP contribution in [0.15, 0.2) is 84.9 Å². The molecule has 4 aromatic rings. The molecule has 22 heteroatoms. The third-order valence-corrected chi connectivity index (χ3v) is 11.7. The summed E-state index contributed by atoms with van der Waals surface area (Å²) in [5, 5.41) is 17.1. The van der Waals surface area contributed by atoms with Crippen molar-refractivity contribution in [2.75, 3.05) is 14.2 Å². The van der Waals surface area contributed by atoms with Crippen molar-refractivity contribution in [3.05, 3.63) is 130 Å². The highest BCUT2D eigenvalue weighted by molar-refractivity contribution is 7.88. The summed E-state index contributed by atoms with van der Waals surface area (Å²) in [6.07, 6.45) is -2.36.